The van der Waals surface area contributed by atoms with E-state index in [-0.39, 0.29) is 11.8 Å². The number of ketones is 1. The fourth-order valence-electron chi connectivity index (χ4n) is 5.09. The van der Waals surface area contributed by atoms with Crippen LogP contribution in [0.4, 0.5) is 11.4 Å². The van der Waals surface area contributed by atoms with Crippen molar-refractivity contribution in [1.82, 2.24) is 0 Å². The minimum Gasteiger partial charge on any atom is -0.466 e. The number of fused-ring (bicyclic) bond motifs is 1. The molecular formula is C27H31N3O3S. The van der Waals surface area contributed by atoms with E-state index >= 15 is 0 Å². The number of carbonyl (C=O) groups is 2. The van der Waals surface area contributed by atoms with Crippen LogP contribution in [0, 0.1) is 5.92 Å². The van der Waals surface area contributed by atoms with Crippen molar-refractivity contribution in [2.24, 2.45) is 10.9 Å². The number of hydrogen-bond donors (Lipinski definition) is 0. The molecule has 0 aliphatic carbocycles. The van der Waals surface area contributed by atoms with Crippen molar-refractivity contribution < 1.29 is 14.3 Å². The second kappa shape index (κ2) is 9.66. The van der Waals surface area contributed by atoms with Gasteiger partial charge in [-0.15, -0.1) is 0 Å². The van der Waals surface area contributed by atoms with Crippen LogP contribution < -0.4 is 9.80 Å². The third kappa shape index (κ3) is 3.72. The molecule has 0 radical (unpaired) electrons. The Labute approximate surface area is 205 Å². The lowest BCUT2D eigenvalue weighted by Gasteiger charge is -2.46. The van der Waals surface area contributed by atoms with Gasteiger partial charge in [0.25, 0.3) is 0 Å². The zero-order valence-corrected chi connectivity index (χ0v) is 21.1. The lowest BCUT2D eigenvalue weighted by atomic mass is 9.83. The van der Waals surface area contributed by atoms with Gasteiger partial charge in [-0.2, -0.15) is 0 Å². The topological polar surface area (TPSA) is 62.2 Å². The first kappa shape index (κ1) is 24.1. The molecule has 1 saturated heterocycles. The summed E-state index contributed by atoms with van der Waals surface area (Å²) >= 11 is 1.42. The van der Waals surface area contributed by atoms with E-state index in [9.17, 15) is 9.59 Å². The Morgan fingerprint density at radius 1 is 1.03 bits per heavy atom. The monoisotopic (exact) mass is 477 g/mol. The van der Waals surface area contributed by atoms with E-state index in [1.54, 1.807) is 0 Å². The van der Waals surface area contributed by atoms with E-state index in [2.05, 4.69) is 35.8 Å². The summed E-state index contributed by atoms with van der Waals surface area (Å²) in [5, 5.41) is 0.826. The fourth-order valence-corrected chi connectivity index (χ4v) is 6.61. The van der Waals surface area contributed by atoms with Crippen LogP contribution in [0.2, 0.25) is 0 Å². The number of anilines is 2. The van der Waals surface area contributed by atoms with E-state index in [0.717, 1.165) is 16.4 Å². The van der Waals surface area contributed by atoms with Gasteiger partial charge in [0.05, 0.1) is 18.5 Å². The van der Waals surface area contributed by atoms with Gasteiger partial charge in [0.1, 0.15) is 11.0 Å². The third-order valence-corrected chi connectivity index (χ3v) is 7.48. The van der Waals surface area contributed by atoms with Crippen LogP contribution in [0.5, 0.6) is 0 Å². The predicted molar refractivity (Wildman–Crippen MR) is 140 cm³/mol. The van der Waals surface area contributed by atoms with Crippen molar-refractivity contribution in [2.45, 2.75) is 39.4 Å². The normalized spacial score (nSPS) is 21.1. The van der Waals surface area contributed by atoms with Crippen LogP contribution in [0.3, 0.4) is 0 Å². The number of benzene rings is 2. The van der Waals surface area contributed by atoms with E-state index in [1.165, 1.54) is 24.9 Å². The van der Waals surface area contributed by atoms with E-state index in [0.29, 0.717) is 23.6 Å². The summed E-state index contributed by atoms with van der Waals surface area (Å²) in [6.45, 7) is 9.62. The quantitative estimate of drug-likeness (QED) is 0.325. The van der Waals surface area contributed by atoms with Crippen molar-refractivity contribution >= 4 is 39.9 Å². The average molecular weight is 478 g/mol. The summed E-state index contributed by atoms with van der Waals surface area (Å²) < 4.78 is 4.97. The first-order valence-electron chi connectivity index (χ1n) is 11.7. The molecular weight excluding hydrogens is 446 g/mol. The lowest BCUT2D eigenvalue weighted by Crippen LogP contribution is -2.65. The number of methoxy groups -OCH3 is 1. The van der Waals surface area contributed by atoms with Gasteiger partial charge in [-0.05, 0) is 39.8 Å². The smallest absolute Gasteiger partial charge is 0.331 e. The molecule has 0 saturated carbocycles. The number of Topliss-reactive ketones (excluding diaryl/α,β-unsaturated/α-hetero) is 1. The molecule has 178 valence electrons. The van der Waals surface area contributed by atoms with Crippen molar-refractivity contribution in [3.8, 4) is 0 Å². The van der Waals surface area contributed by atoms with Crippen molar-refractivity contribution in [3.63, 3.8) is 0 Å². The Morgan fingerprint density at radius 2 is 1.59 bits per heavy atom. The number of aliphatic imine (C=N–C) groups is 1. The number of esters is 1. The van der Waals surface area contributed by atoms with E-state index in [1.807, 2.05) is 56.3 Å². The lowest BCUT2D eigenvalue weighted by molar-refractivity contribution is -0.134. The summed E-state index contributed by atoms with van der Waals surface area (Å²) in [5.74, 6) is -1.17. The molecule has 2 aromatic rings. The van der Waals surface area contributed by atoms with Crippen LogP contribution in [0.25, 0.3) is 0 Å². The highest BCUT2D eigenvalue weighted by Gasteiger charge is 2.64. The van der Waals surface area contributed by atoms with Crippen LogP contribution in [-0.2, 0) is 9.53 Å². The number of thioether (sulfide) groups is 1. The molecule has 0 bridgehead atoms. The largest absolute Gasteiger partial charge is 0.466 e. The molecule has 0 amide bonds. The molecule has 6 nitrogen and oxygen atoms in total. The predicted octanol–water partition coefficient (Wildman–Crippen LogP) is 5.16. The van der Waals surface area contributed by atoms with Crippen LogP contribution in [0.1, 0.15) is 38.1 Å². The van der Waals surface area contributed by atoms with Crippen molar-refractivity contribution in [3.05, 3.63) is 71.1 Å². The van der Waals surface area contributed by atoms with Gasteiger partial charge in [-0.25, -0.2) is 4.79 Å². The molecule has 2 aromatic carbocycles. The van der Waals surface area contributed by atoms with Gasteiger partial charge in [-0.1, -0.05) is 54.2 Å². The molecule has 1 spiro atoms. The molecule has 1 unspecified atom stereocenters. The van der Waals surface area contributed by atoms with Gasteiger partial charge in [0.15, 0.2) is 11.4 Å². The number of hydrogen-bond acceptors (Lipinski definition) is 7. The molecule has 0 aromatic heterocycles. The van der Waals surface area contributed by atoms with E-state index < -0.39 is 17.6 Å². The van der Waals surface area contributed by atoms with Gasteiger partial charge in [0.2, 0.25) is 0 Å². The van der Waals surface area contributed by atoms with Gasteiger partial charge >= 0.3 is 5.97 Å². The first-order valence-corrected chi connectivity index (χ1v) is 12.5. The minimum absolute atomic E-state index is 0.0189. The Balaban J connectivity index is 2.05. The zero-order chi connectivity index (χ0) is 24.5. The van der Waals surface area contributed by atoms with Crippen molar-refractivity contribution in [1.29, 1.82) is 0 Å². The Bertz CT molecular complexity index is 1110. The maximum Gasteiger partial charge on any atom is 0.331 e. The Kier molecular flexibility index (Phi) is 6.84. The first-order chi connectivity index (χ1) is 16.4. The molecule has 2 aliphatic heterocycles. The minimum atomic E-state index is -0.866. The highest BCUT2D eigenvalue weighted by Crippen LogP contribution is 2.58. The maximum atomic E-state index is 14.3. The summed E-state index contributed by atoms with van der Waals surface area (Å²) in [7, 11) is 1.36. The van der Waals surface area contributed by atoms with Gasteiger partial charge in [-0.3, -0.25) is 9.79 Å². The third-order valence-electron chi connectivity index (χ3n) is 6.29. The van der Waals surface area contributed by atoms with E-state index in [4.69, 9.17) is 9.73 Å². The molecule has 1 atom stereocenters. The second-order valence-electron chi connectivity index (χ2n) is 8.57. The standard InChI is InChI=1S/C27H31N3O3S/c1-6-29-20-15-11-12-16-21(20)30(7-2)27(29)24(25(32)19-13-9-8-10-14-19)22(17-23(31)33-5)34-26(27)28-18(3)4/h8-18,24H,6-7H2,1-5H3/b22-17-,28-26?. The molecule has 2 aliphatic rings. The maximum absolute atomic E-state index is 14.3. The summed E-state index contributed by atoms with van der Waals surface area (Å²) in [6, 6.07) is 17.6. The molecule has 34 heavy (non-hydrogen) atoms. The van der Waals surface area contributed by atoms with Crippen LogP contribution in [-0.4, -0.2) is 48.7 Å². The molecule has 2 heterocycles. The van der Waals surface area contributed by atoms with Gasteiger partial charge < -0.3 is 14.5 Å². The summed E-state index contributed by atoms with van der Waals surface area (Å²) in [4.78, 5) is 37.0. The number of ether oxygens (including phenoxy) is 1. The van der Waals surface area contributed by atoms with Crippen molar-refractivity contribution in [2.75, 3.05) is 30.0 Å². The molecule has 4 rings (SSSR count). The molecule has 1 fully saturated rings. The van der Waals surface area contributed by atoms with Crippen LogP contribution in [0.15, 0.2) is 70.6 Å². The zero-order valence-electron chi connectivity index (χ0n) is 20.3. The van der Waals surface area contributed by atoms with Gasteiger partial charge in [0, 0.05) is 35.7 Å². The van der Waals surface area contributed by atoms with Crippen LogP contribution >= 0.6 is 11.8 Å². The molecule has 0 N–H and O–H groups in total. The highest BCUT2D eigenvalue weighted by molar-refractivity contribution is 8.18. The Morgan fingerprint density at radius 3 is 2.09 bits per heavy atom. The number of rotatable bonds is 6. The average Bonchev–Trinajstić information content (AvgIpc) is 3.29. The SMILES string of the molecule is CCN1c2ccccc2N(CC)C12C(=NC(C)C)S/C(=C\C(=O)OC)C2C(=O)c1ccccc1. The number of carbonyl (C=O) groups excluding carboxylic acids is 2. The highest BCUT2D eigenvalue weighted by atomic mass is 32.2. The molecule has 7 heteroatoms. The second-order valence-corrected chi connectivity index (χ2v) is 9.63. The fraction of sp³-hybridized carbons (Fsp3) is 0.370. The summed E-state index contributed by atoms with van der Waals surface area (Å²) in [6.07, 6.45) is 1.46. The number of para-hydroxylation sites is 2. The summed E-state index contributed by atoms with van der Waals surface area (Å²) in [5.41, 5.74) is 1.87. The number of nitrogens with zero attached hydrogens (tertiary/aromatic N) is 3. The Hall–Kier alpha value is -3.06.